The van der Waals surface area contributed by atoms with Gasteiger partial charge in [0.2, 0.25) is 5.28 Å². The molecule has 0 fully saturated rings. The zero-order chi connectivity index (χ0) is 11.9. The van der Waals surface area contributed by atoms with Gasteiger partial charge in [0, 0.05) is 0 Å². The topological polar surface area (TPSA) is 30.7 Å². The number of benzene rings is 1. The number of aromatic nitrogens is 3. The molecular formula is C9H5ClF3N3. The SMILES string of the molecule is Cc1nnc(Cl)n1-c1ccc(F)c(F)c1F. The predicted octanol–water partition coefficient (Wildman–Crippen LogP) is 2.65. The second kappa shape index (κ2) is 3.79. The van der Waals surface area contributed by atoms with Crippen molar-refractivity contribution in [2.45, 2.75) is 6.92 Å². The van der Waals surface area contributed by atoms with Gasteiger partial charge in [0.15, 0.2) is 17.5 Å². The molecule has 1 heterocycles. The van der Waals surface area contributed by atoms with Crippen molar-refractivity contribution in [3.8, 4) is 5.69 Å². The summed E-state index contributed by atoms with van der Waals surface area (Å²) in [6, 6.07) is 1.87. The van der Waals surface area contributed by atoms with Gasteiger partial charge in [0.1, 0.15) is 5.82 Å². The van der Waals surface area contributed by atoms with Crippen molar-refractivity contribution in [3.05, 3.63) is 40.7 Å². The molecular weight excluding hydrogens is 243 g/mol. The van der Waals surface area contributed by atoms with E-state index >= 15 is 0 Å². The van der Waals surface area contributed by atoms with Crippen LogP contribution < -0.4 is 0 Å². The summed E-state index contributed by atoms with van der Waals surface area (Å²) in [7, 11) is 0. The lowest BCUT2D eigenvalue weighted by Crippen LogP contribution is -2.04. The van der Waals surface area contributed by atoms with E-state index in [1.165, 1.54) is 6.92 Å². The number of hydrogen-bond donors (Lipinski definition) is 0. The van der Waals surface area contributed by atoms with Crippen LogP contribution in [0.2, 0.25) is 5.28 Å². The Bertz CT molecular complexity index is 534. The van der Waals surface area contributed by atoms with E-state index in [0.717, 1.165) is 16.7 Å². The highest BCUT2D eigenvalue weighted by atomic mass is 35.5. The van der Waals surface area contributed by atoms with Crippen LogP contribution in [0.25, 0.3) is 5.69 Å². The maximum atomic E-state index is 13.4. The van der Waals surface area contributed by atoms with Gasteiger partial charge in [0.25, 0.3) is 0 Å². The molecule has 0 N–H and O–H groups in total. The molecule has 0 saturated carbocycles. The molecule has 0 bridgehead atoms. The minimum Gasteiger partial charge on any atom is -0.267 e. The summed E-state index contributed by atoms with van der Waals surface area (Å²) in [5.41, 5.74) is -0.230. The minimum absolute atomic E-state index is 0.123. The zero-order valence-electron chi connectivity index (χ0n) is 8.01. The Labute approximate surface area is 93.5 Å². The van der Waals surface area contributed by atoms with Gasteiger partial charge >= 0.3 is 0 Å². The van der Waals surface area contributed by atoms with Crippen molar-refractivity contribution in [1.82, 2.24) is 14.8 Å². The van der Waals surface area contributed by atoms with Crippen molar-refractivity contribution in [2.24, 2.45) is 0 Å². The lowest BCUT2D eigenvalue weighted by Gasteiger charge is -2.07. The van der Waals surface area contributed by atoms with Crippen LogP contribution in [0, 0.1) is 24.4 Å². The molecule has 0 amide bonds. The van der Waals surface area contributed by atoms with Gasteiger partial charge in [-0.05, 0) is 30.7 Å². The first kappa shape index (κ1) is 10.9. The first-order chi connectivity index (χ1) is 7.52. The predicted molar refractivity (Wildman–Crippen MR) is 51.0 cm³/mol. The van der Waals surface area contributed by atoms with Crippen LogP contribution in [0.1, 0.15) is 5.82 Å². The van der Waals surface area contributed by atoms with Crippen molar-refractivity contribution < 1.29 is 13.2 Å². The van der Waals surface area contributed by atoms with Gasteiger partial charge < -0.3 is 0 Å². The molecule has 1 aromatic carbocycles. The molecule has 0 unspecified atom stereocenters. The summed E-state index contributed by atoms with van der Waals surface area (Å²) in [6.07, 6.45) is 0. The Hall–Kier alpha value is -1.56. The van der Waals surface area contributed by atoms with Crippen LogP contribution in [-0.4, -0.2) is 14.8 Å². The second-order valence-corrected chi connectivity index (χ2v) is 3.38. The Morgan fingerprint density at radius 3 is 2.38 bits per heavy atom. The monoisotopic (exact) mass is 247 g/mol. The van der Waals surface area contributed by atoms with Gasteiger partial charge in [-0.3, -0.25) is 4.57 Å². The Morgan fingerprint density at radius 2 is 1.81 bits per heavy atom. The van der Waals surface area contributed by atoms with E-state index in [1.807, 2.05) is 0 Å². The van der Waals surface area contributed by atoms with Crippen LogP contribution in [0.5, 0.6) is 0 Å². The highest BCUT2D eigenvalue weighted by Gasteiger charge is 2.18. The number of rotatable bonds is 1. The highest BCUT2D eigenvalue weighted by Crippen LogP contribution is 2.22. The second-order valence-electron chi connectivity index (χ2n) is 3.05. The lowest BCUT2D eigenvalue weighted by molar-refractivity contribution is 0.444. The van der Waals surface area contributed by atoms with Crippen molar-refractivity contribution in [3.63, 3.8) is 0 Å². The Morgan fingerprint density at radius 1 is 1.12 bits per heavy atom. The summed E-state index contributed by atoms with van der Waals surface area (Å²) in [5, 5.41) is 6.94. The molecule has 7 heteroatoms. The van der Waals surface area contributed by atoms with E-state index < -0.39 is 17.5 Å². The van der Waals surface area contributed by atoms with E-state index in [-0.39, 0.29) is 16.8 Å². The molecule has 3 nitrogen and oxygen atoms in total. The summed E-state index contributed by atoms with van der Waals surface area (Å²) in [5.74, 6) is -3.87. The van der Waals surface area contributed by atoms with E-state index in [9.17, 15) is 13.2 Å². The molecule has 0 aliphatic carbocycles. The third kappa shape index (κ3) is 1.55. The smallest absolute Gasteiger partial charge is 0.229 e. The molecule has 0 spiro atoms. The normalized spacial score (nSPS) is 10.8. The molecule has 2 aromatic rings. The van der Waals surface area contributed by atoms with E-state index in [1.54, 1.807) is 0 Å². The molecule has 0 saturated heterocycles. The molecule has 0 aliphatic rings. The van der Waals surface area contributed by atoms with Crippen molar-refractivity contribution >= 4 is 11.6 Å². The number of aryl methyl sites for hydroxylation is 1. The fraction of sp³-hybridized carbons (Fsp3) is 0.111. The highest BCUT2D eigenvalue weighted by molar-refractivity contribution is 6.28. The van der Waals surface area contributed by atoms with Crippen molar-refractivity contribution in [2.75, 3.05) is 0 Å². The third-order valence-corrected chi connectivity index (χ3v) is 2.29. The summed E-state index contributed by atoms with van der Waals surface area (Å²) >= 11 is 5.65. The average molecular weight is 248 g/mol. The molecule has 1 aromatic heterocycles. The Balaban J connectivity index is 2.71. The average Bonchev–Trinajstić information content (AvgIpc) is 2.57. The molecule has 2 rings (SSSR count). The van der Waals surface area contributed by atoms with Crippen LogP contribution in [-0.2, 0) is 0 Å². The minimum atomic E-state index is -1.55. The van der Waals surface area contributed by atoms with Gasteiger partial charge in [-0.15, -0.1) is 10.2 Å². The van der Waals surface area contributed by atoms with Crippen molar-refractivity contribution in [1.29, 1.82) is 0 Å². The molecule has 0 radical (unpaired) electrons. The fourth-order valence-corrected chi connectivity index (χ4v) is 1.55. The fourth-order valence-electron chi connectivity index (χ4n) is 1.30. The lowest BCUT2D eigenvalue weighted by atomic mass is 10.2. The molecule has 0 atom stereocenters. The standard InChI is InChI=1S/C9H5ClF3N3/c1-4-14-15-9(10)16(4)6-3-2-5(11)7(12)8(6)13/h2-3H,1H3. The van der Waals surface area contributed by atoms with Crippen LogP contribution in [0.15, 0.2) is 12.1 Å². The summed E-state index contributed by atoms with van der Waals surface area (Å²) < 4.78 is 40.2. The number of hydrogen-bond acceptors (Lipinski definition) is 2. The summed E-state index contributed by atoms with van der Waals surface area (Å²) in [4.78, 5) is 0. The number of halogens is 4. The molecule has 0 aliphatic heterocycles. The van der Waals surface area contributed by atoms with E-state index in [0.29, 0.717) is 0 Å². The zero-order valence-corrected chi connectivity index (χ0v) is 8.76. The maximum absolute atomic E-state index is 13.4. The first-order valence-electron chi connectivity index (χ1n) is 4.23. The number of nitrogens with zero attached hydrogens (tertiary/aromatic N) is 3. The van der Waals surface area contributed by atoms with Crippen LogP contribution in [0.4, 0.5) is 13.2 Å². The van der Waals surface area contributed by atoms with Gasteiger partial charge in [-0.1, -0.05) is 0 Å². The third-order valence-electron chi connectivity index (χ3n) is 2.04. The quantitative estimate of drug-likeness (QED) is 0.726. The van der Waals surface area contributed by atoms with Gasteiger partial charge in [-0.2, -0.15) is 0 Å². The Kier molecular flexibility index (Phi) is 2.59. The molecule has 84 valence electrons. The van der Waals surface area contributed by atoms with E-state index in [4.69, 9.17) is 11.6 Å². The van der Waals surface area contributed by atoms with E-state index in [2.05, 4.69) is 10.2 Å². The van der Waals surface area contributed by atoms with Crippen LogP contribution in [0.3, 0.4) is 0 Å². The maximum Gasteiger partial charge on any atom is 0.229 e. The van der Waals surface area contributed by atoms with Crippen LogP contribution >= 0.6 is 11.6 Å². The first-order valence-corrected chi connectivity index (χ1v) is 4.61. The summed E-state index contributed by atoms with van der Waals surface area (Å²) in [6.45, 7) is 1.51. The van der Waals surface area contributed by atoms with Gasteiger partial charge in [0.05, 0.1) is 5.69 Å². The largest absolute Gasteiger partial charge is 0.267 e. The van der Waals surface area contributed by atoms with Gasteiger partial charge in [-0.25, -0.2) is 13.2 Å². The molecule has 16 heavy (non-hydrogen) atoms.